The van der Waals surface area contributed by atoms with Crippen molar-refractivity contribution in [3.8, 4) is 11.5 Å². The summed E-state index contributed by atoms with van der Waals surface area (Å²) in [7, 11) is -1.73. The molecule has 2 aromatic carbocycles. The fraction of sp³-hybridized carbons (Fsp3) is 0.118. The maximum Gasteiger partial charge on any atom is 0.331 e. The zero-order valence-corrected chi connectivity index (χ0v) is 13.0. The summed E-state index contributed by atoms with van der Waals surface area (Å²) < 4.78 is 17.9. The lowest BCUT2D eigenvalue weighted by molar-refractivity contribution is -0.138. The second-order valence-electron chi connectivity index (χ2n) is 5.14. The molecule has 118 valence electrons. The molecule has 0 fully saturated rings. The molecule has 0 aliphatic carbocycles. The number of carbonyl (C=O) groups is 1. The maximum absolute atomic E-state index is 12.9. The van der Waals surface area contributed by atoms with E-state index in [0.29, 0.717) is 4.90 Å². The van der Waals surface area contributed by atoms with Gasteiger partial charge < -0.3 is 14.9 Å². The maximum atomic E-state index is 12.9. The largest absolute Gasteiger partial charge is 0.507 e. The SMILES string of the molecule is Cc1ccc(S(=O)c2c(O)ccc(O)c2[C@@H]2C=CC(=O)O2)cc1. The number of cyclic esters (lactones) is 1. The Kier molecular flexibility index (Phi) is 3.92. The molecule has 5 nitrogen and oxygen atoms in total. The third-order valence-electron chi connectivity index (χ3n) is 3.51. The van der Waals surface area contributed by atoms with Gasteiger partial charge in [0, 0.05) is 11.0 Å². The van der Waals surface area contributed by atoms with E-state index in [1.165, 1.54) is 24.3 Å². The van der Waals surface area contributed by atoms with Crippen molar-refractivity contribution < 1.29 is 24.0 Å². The average molecular weight is 330 g/mol. The van der Waals surface area contributed by atoms with E-state index in [0.717, 1.165) is 5.56 Å². The molecule has 0 bridgehead atoms. The Hall–Kier alpha value is -2.60. The number of aryl methyl sites for hydroxylation is 1. The first-order valence-corrected chi connectivity index (χ1v) is 8.04. The van der Waals surface area contributed by atoms with Crippen molar-refractivity contribution in [1.82, 2.24) is 0 Å². The molecule has 0 saturated heterocycles. The summed E-state index contributed by atoms with van der Waals surface area (Å²) in [6, 6.07) is 9.54. The van der Waals surface area contributed by atoms with Crippen LogP contribution in [-0.2, 0) is 20.3 Å². The summed E-state index contributed by atoms with van der Waals surface area (Å²) in [5.41, 5.74) is 1.14. The van der Waals surface area contributed by atoms with Crippen LogP contribution >= 0.6 is 0 Å². The predicted molar refractivity (Wildman–Crippen MR) is 83.6 cm³/mol. The van der Waals surface area contributed by atoms with Crippen LogP contribution in [0.4, 0.5) is 0 Å². The van der Waals surface area contributed by atoms with Crippen LogP contribution in [0.5, 0.6) is 11.5 Å². The number of ether oxygens (including phenoxy) is 1. The molecule has 0 saturated carbocycles. The number of phenolic OH excluding ortho intramolecular Hbond substituents is 2. The van der Waals surface area contributed by atoms with Crippen molar-refractivity contribution >= 4 is 16.8 Å². The number of aromatic hydroxyl groups is 2. The first-order valence-electron chi connectivity index (χ1n) is 6.89. The van der Waals surface area contributed by atoms with Gasteiger partial charge >= 0.3 is 5.97 Å². The fourth-order valence-electron chi connectivity index (χ4n) is 2.35. The molecule has 2 atom stereocenters. The standard InChI is InChI=1S/C17H14O5S/c1-10-2-4-11(5-3-10)23(21)17-13(19)7-6-12(18)16(17)14-8-9-15(20)22-14/h2-9,14,18-19H,1H3/t14-,23?/m0/s1. The van der Waals surface area contributed by atoms with Gasteiger partial charge in [-0.3, -0.25) is 0 Å². The Bertz CT molecular complexity index is 824. The van der Waals surface area contributed by atoms with Gasteiger partial charge in [-0.05, 0) is 37.3 Å². The Morgan fingerprint density at radius 2 is 1.70 bits per heavy atom. The Balaban J connectivity index is 2.13. The molecule has 3 rings (SSSR count). The average Bonchev–Trinajstić information content (AvgIpc) is 2.95. The summed E-state index contributed by atoms with van der Waals surface area (Å²) in [6.07, 6.45) is 1.80. The van der Waals surface area contributed by atoms with E-state index in [9.17, 15) is 19.2 Å². The highest BCUT2D eigenvalue weighted by molar-refractivity contribution is 7.85. The molecule has 0 aromatic heterocycles. The zero-order chi connectivity index (χ0) is 16.6. The lowest BCUT2D eigenvalue weighted by atomic mass is 10.1. The van der Waals surface area contributed by atoms with E-state index in [-0.39, 0.29) is 22.0 Å². The molecule has 1 unspecified atom stereocenters. The van der Waals surface area contributed by atoms with E-state index in [2.05, 4.69) is 0 Å². The van der Waals surface area contributed by atoms with Crippen LogP contribution in [0.25, 0.3) is 0 Å². The second kappa shape index (κ2) is 5.89. The van der Waals surface area contributed by atoms with Crippen LogP contribution in [0.2, 0.25) is 0 Å². The van der Waals surface area contributed by atoms with Crippen molar-refractivity contribution in [3.63, 3.8) is 0 Å². The monoisotopic (exact) mass is 330 g/mol. The molecule has 0 spiro atoms. The quantitative estimate of drug-likeness (QED) is 0.668. The lowest BCUT2D eigenvalue weighted by Crippen LogP contribution is -2.06. The van der Waals surface area contributed by atoms with Gasteiger partial charge in [-0.25, -0.2) is 9.00 Å². The van der Waals surface area contributed by atoms with Gasteiger partial charge in [0.1, 0.15) is 11.5 Å². The van der Waals surface area contributed by atoms with Gasteiger partial charge in [-0.1, -0.05) is 17.7 Å². The van der Waals surface area contributed by atoms with Crippen LogP contribution in [-0.4, -0.2) is 20.4 Å². The molecular formula is C17H14O5S. The normalized spacial score (nSPS) is 18.0. The first kappa shape index (κ1) is 15.3. The number of phenols is 2. The minimum Gasteiger partial charge on any atom is -0.507 e. The van der Waals surface area contributed by atoms with E-state index >= 15 is 0 Å². The van der Waals surface area contributed by atoms with Crippen LogP contribution in [0.15, 0.2) is 58.3 Å². The van der Waals surface area contributed by atoms with Gasteiger partial charge in [0.25, 0.3) is 0 Å². The molecule has 2 N–H and O–H groups in total. The third kappa shape index (κ3) is 2.85. The van der Waals surface area contributed by atoms with Crippen molar-refractivity contribution in [1.29, 1.82) is 0 Å². The summed E-state index contributed by atoms with van der Waals surface area (Å²) in [5.74, 6) is -0.972. The first-order chi connectivity index (χ1) is 11.0. The number of hydrogen-bond acceptors (Lipinski definition) is 5. The highest BCUT2D eigenvalue weighted by Crippen LogP contribution is 2.41. The fourth-order valence-corrected chi connectivity index (χ4v) is 3.65. The predicted octanol–water partition coefficient (Wildman–Crippen LogP) is 2.73. The second-order valence-corrected chi connectivity index (χ2v) is 6.56. The number of hydrogen-bond donors (Lipinski definition) is 2. The minimum atomic E-state index is -1.73. The zero-order valence-electron chi connectivity index (χ0n) is 12.2. The van der Waals surface area contributed by atoms with Crippen molar-refractivity contribution in [2.45, 2.75) is 22.8 Å². The summed E-state index contributed by atoms with van der Waals surface area (Å²) in [6.45, 7) is 1.91. The van der Waals surface area contributed by atoms with Gasteiger partial charge in [0.05, 0.1) is 21.3 Å². The molecule has 1 aliphatic heterocycles. The molecule has 23 heavy (non-hydrogen) atoms. The number of benzene rings is 2. The van der Waals surface area contributed by atoms with Crippen molar-refractivity contribution in [3.05, 3.63) is 59.7 Å². The van der Waals surface area contributed by atoms with Crippen molar-refractivity contribution in [2.24, 2.45) is 0 Å². The lowest BCUT2D eigenvalue weighted by Gasteiger charge is -2.17. The van der Waals surface area contributed by atoms with Crippen LogP contribution in [0.1, 0.15) is 17.2 Å². The minimum absolute atomic E-state index is 0.0400. The summed E-state index contributed by atoms with van der Waals surface area (Å²) in [4.78, 5) is 11.8. The van der Waals surface area contributed by atoms with Crippen LogP contribution in [0.3, 0.4) is 0 Å². The number of esters is 1. The molecular weight excluding hydrogens is 316 g/mol. The molecule has 2 aromatic rings. The van der Waals surface area contributed by atoms with Crippen molar-refractivity contribution in [2.75, 3.05) is 0 Å². The van der Waals surface area contributed by atoms with E-state index in [1.54, 1.807) is 12.1 Å². The molecule has 6 heteroatoms. The molecule has 1 heterocycles. The third-order valence-corrected chi connectivity index (χ3v) is 5.01. The summed E-state index contributed by atoms with van der Waals surface area (Å²) in [5, 5.41) is 20.3. The Labute approximate surface area is 135 Å². The van der Waals surface area contributed by atoms with Crippen LogP contribution < -0.4 is 0 Å². The number of rotatable bonds is 3. The van der Waals surface area contributed by atoms with Gasteiger partial charge in [0.15, 0.2) is 6.10 Å². The van der Waals surface area contributed by atoms with Gasteiger partial charge in [-0.15, -0.1) is 0 Å². The highest BCUT2D eigenvalue weighted by atomic mass is 32.2. The highest BCUT2D eigenvalue weighted by Gasteiger charge is 2.29. The van der Waals surface area contributed by atoms with Crippen LogP contribution in [0, 0.1) is 6.92 Å². The van der Waals surface area contributed by atoms with Gasteiger partial charge in [-0.2, -0.15) is 0 Å². The van der Waals surface area contributed by atoms with E-state index in [4.69, 9.17) is 4.74 Å². The van der Waals surface area contributed by atoms with E-state index < -0.39 is 22.9 Å². The Morgan fingerprint density at radius 3 is 2.30 bits per heavy atom. The molecule has 1 aliphatic rings. The number of carbonyl (C=O) groups excluding carboxylic acids is 1. The summed E-state index contributed by atoms with van der Waals surface area (Å²) >= 11 is 0. The van der Waals surface area contributed by atoms with E-state index in [1.807, 2.05) is 19.1 Å². The Morgan fingerprint density at radius 1 is 1.04 bits per heavy atom. The molecule has 0 amide bonds. The topological polar surface area (TPSA) is 83.8 Å². The molecule has 0 radical (unpaired) electrons. The van der Waals surface area contributed by atoms with Gasteiger partial charge in [0.2, 0.25) is 0 Å². The smallest absolute Gasteiger partial charge is 0.331 e.